The molecule has 0 spiro atoms. The van der Waals surface area contributed by atoms with Crippen molar-refractivity contribution in [2.75, 3.05) is 23.9 Å². The standard InChI is InChI=1S/C10H16N2O3S/c1-8-3-4-10(15-8)12-6-5-11-7-9(2)16(12,13)14/h3-4,9,11H,5-7H2,1-2H3. The fourth-order valence-corrected chi connectivity index (χ4v) is 3.18. The highest BCUT2D eigenvalue weighted by Gasteiger charge is 2.32. The Morgan fingerprint density at radius 1 is 1.50 bits per heavy atom. The minimum atomic E-state index is -3.30. The number of hydrogen-bond donors (Lipinski definition) is 1. The van der Waals surface area contributed by atoms with Gasteiger partial charge >= 0.3 is 0 Å². The monoisotopic (exact) mass is 244 g/mol. The van der Waals surface area contributed by atoms with Gasteiger partial charge in [-0.15, -0.1) is 0 Å². The molecule has 0 saturated carbocycles. The van der Waals surface area contributed by atoms with Crippen molar-refractivity contribution in [2.45, 2.75) is 19.1 Å². The number of aryl methyl sites for hydroxylation is 1. The van der Waals surface area contributed by atoms with E-state index in [0.29, 0.717) is 25.5 Å². The molecule has 1 aromatic heterocycles. The first-order chi connectivity index (χ1) is 7.51. The molecule has 0 amide bonds. The lowest BCUT2D eigenvalue weighted by atomic mass is 10.4. The van der Waals surface area contributed by atoms with E-state index >= 15 is 0 Å². The average Bonchev–Trinajstić information content (AvgIpc) is 2.58. The Hall–Kier alpha value is -1.01. The van der Waals surface area contributed by atoms with Gasteiger partial charge in [0.25, 0.3) is 0 Å². The molecule has 1 fully saturated rings. The molecule has 16 heavy (non-hydrogen) atoms. The van der Waals surface area contributed by atoms with E-state index in [4.69, 9.17) is 4.42 Å². The highest BCUT2D eigenvalue weighted by molar-refractivity contribution is 7.93. The molecule has 1 unspecified atom stereocenters. The molecule has 0 bridgehead atoms. The van der Waals surface area contributed by atoms with Crippen LogP contribution in [0.25, 0.3) is 0 Å². The van der Waals surface area contributed by atoms with Crippen LogP contribution in [0.15, 0.2) is 16.5 Å². The van der Waals surface area contributed by atoms with E-state index in [1.165, 1.54) is 4.31 Å². The summed E-state index contributed by atoms with van der Waals surface area (Å²) in [6.07, 6.45) is 0. The topological polar surface area (TPSA) is 62.6 Å². The van der Waals surface area contributed by atoms with Crippen LogP contribution in [-0.4, -0.2) is 33.3 Å². The minimum absolute atomic E-state index is 0.410. The Bertz CT molecular complexity index is 466. The first-order valence-corrected chi connectivity index (χ1v) is 6.81. The molecule has 1 N–H and O–H groups in total. The Morgan fingerprint density at radius 2 is 2.25 bits per heavy atom. The predicted molar refractivity (Wildman–Crippen MR) is 62.0 cm³/mol. The van der Waals surface area contributed by atoms with Crippen LogP contribution in [-0.2, 0) is 10.0 Å². The zero-order chi connectivity index (χ0) is 11.8. The quantitative estimate of drug-likeness (QED) is 0.790. The highest BCUT2D eigenvalue weighted by atomic mass is 32.2. The lowest BCUT2D eigenvalue weighted by molar-refractivity contribution is 0.527. The third kappa shape index (κ3) is 1.94. The summed E-state index contributed by atoms with van der Waals surface area (Å²) >= 11 is 0. The predicted octanol–water partition coefficient (Wildman–Crippen LogP) is 0.716. The molecule has 6 heteroatoms. The molecule has 2 heterocycles. The molecule has 0 aromatic carbocycles. The molecule has 0 aliphatic carbocycles. The lowest BCUT2D eigenvalue weighted by Gasteiger charge is -2.21. The van der Waals surface area contributed by atoms with Crippen LogP contribution in [0.3, 0.4) is 0 Å². The van der Waals surface area contributed by atoms with Gasteiger partial charge in [-0.1, -0.05) is 0 Å². The van der Waals surface area contributed by atoms with Crippen LogP contribution in [0.2, 0.25) is 0 Å². The van der Waals surface area contributed by atoms with Crippen molar-refractivity contribution in [1.82, 2.24) is 5.32 Å². The average molecular weight is 244 g/mol. The third-order valence-electron chi connectivity index (χ3n) is 2.71. The van der Waals surface area contributed by atoms with Crippen molar-refractivity contribution in [2.24, 2.45) is 0 Å². The van der Waals surface area contributed by atoms with Crippen LogP contribution in [0.4, 0.5) is 5.88 Å². The van der Waals surface area contributed by atoms with Crippen LogP contribution in [0, 0.1) is 6.92 Å². The van der Waals surface area contributed by atoms with Crippen molar-refractivity contribution in [3.8, 4) is 0 Å². The fourth-order valence-electron chi connectivity index (χ4n) is 1.73. The number of nitrogens with zero attached hydrogens (tertiary/aromatic N) is 1. The van der Waals surface area contributed by atoms with Gasteiger partial charge < -0.3 is 9.73 Å². The van der Waals surface area contributed by atoms with Crippen molar-refractivity contribution in [3.63, 3.8) is 0 Å². The van der Waals surface area contributed by atoms with Gasteiger partial charge in [0.2, 0.25) is 15.9 Å². The summed E-state index contributed by atoms with van der Waals surface area (Å²) in [7, 11) is -3.30. The molecule has 90 valence electrons. The van der Waals surface area contributed by atoms with Crippen LogP contribution < -0.4 is 9.62 Å². The smallest absolute Gasteiger partial charge is 0.241 e. The second-order valence-electron chi connectivity index (χ2n) is 4.02. The Morgan fingerprint density at radius 3 is 2.88 bits per heavy atom. The van der Waals surface area contributed by atoms with E-state index in [1.807, 2.05) is 0 Å². The van der Waals surface area contributed by atoms with E-state index in [2.05, 4.69) is 5.32 Å². The van der Waals surface area contributed by atoms with Gasteiger partial charge in [0.05, 0.1) is 5.25 Å². The molecular weight excluding hydrogens is 228 g/mol. The van der Waals surface area contributed by atoms with E-state index in [1.54, 1.807) is 26.0 Å². The molecule has 2 rings (SSSR count). The summed E-state index contributed by atoms with van der Waals surface area (Å²) in [6, 6.07) is 3.47. The van der Waals surface area contributed by atoms with E-state index in [9.17, 15) is 8.42 Å². The Labute approximate surface area is 95.5 Å². The van der Waals surface area contributed by atoms with Crippen LogP contribution >= 0.6 is 0 Å². The SMILES string of the molecule is Cc1ccc(N2CCNCC(C)S2(=O)=O)o1. The van der Waals surface area contributed by atoms with Gasteiger partial charge in [-0.2, -0.15) is 0 Å². The first kappa shape index (κ1) is 11.5. The molecule has 1 aromatic rings. The number of rotatable bonds is 1. The number of furan rings is 1. The van der Waals surface area contributed by atoms with Gasteiger partial charge in [0, 0.05) is 25.7 Å². The molecule has 0 radical (unpaired) electrons. The van der Waals surface area contributed by atoms with Crippen molar-refractivity contribution in [3.05, 3.63) is 17.9 Å². The van der Waals surface area contributed by atoms with E-state index < -0.39 is 15.3 Å². The maximum atomic E-state index is 12.2. The van der Waals surface area contributed by atoms with Crippen LogP contribution in [0.1, 0.15) is 12.7 Å². The van der Waals surface area contributed by atoms with Gasteiger partial charge in [-0.05, 0) is 19.9 Å². The number of sulfonamides is 1. The molecule has 1 atom stereocenters. The second kappa shape index (κ2) is 4.10. The Balaban J connectivity index is 2.38. The zero-order valence-electron chi connectivity index (χ0n) is 9.43. The zero-order valence-corrected chi connectivity index (χ0v) is 10.3. The van der Waals surface area contributed by atoms with E-state index in [-0.39, 0.29) is 0 Å². The summed E-state index contributed by atoms with van der Waals surface area (Å²) in [5, 5.41) is 2.67. The number of nitrogens with one attached hydrogen (secondary N) is 1. The van der Waals surface area contributed by atoms with Gasteiger partial charge in [-0.25, -0.2) is 12.7 Å². The lowest BCUT2D eigenvalue weighted by Crippen LogP contribution is -2.37. The summed E-state index contributed by atoms with van der Waals surface area (Å²) in [5.41, 5.74) is 0. The molecule has 1 aliphatic rings. The maximum absolute atomic E-state index is 12.2. The summed E-state index contributed by atoms with van der Waals surface area (Å²) in [4.78, 5) is 0. The van der Waals surface area contributed by atoms with Crippen LogP contribution in [0.5, 0.6) is 0 Å². The van der Waals surface area contributed by atoms with Gasteiger partial charge in [-0.3, -0.25) is 0 Å². The van der Waals surface area contributed by atoms with Crippen molar-refractivity contribution in [1.29, 1.82) is 0 Å². The summed E-state index contributed by atoms with van der Waals surface area (Å²) in [6.45, 7) is 5.05. The summed E-state index contributed by atoms with van der Waals surface area (Å²) < 4.78 is 31.1. The molecule has 1 aliphatic heterocycles. The number of hydrogen-bond acceptors (Lipinski definition) is 4. The summed E-state index contributed by atoms with van der Waals surface area (Å²) in [5.74, 6) is 1.13. The molecule has 5 nitrogen and oxygen atoms in total. The third-order valence-corrected chi connectivity index (χ3v) is 4.87. The van der Waals surface area contributed by atoms with Crippen molar-refractivity contribution >= 4 is 15.9 Å². The first-order valence-electron chi connectivity index (χ1n) is 5.30. The normalized spacial score (nSPS) is 25.4. The number of anilines is 1. The van der Waals surface area contributed by atoms with E-state index in [0.717, 1.165) is 5.76 Å². The van der Waals surface area contributed by atoms with Crippen molar-refractivity contribution < 1.29 is 12.8 Å². The molecule has 1 saturated heterocycles. The minimum Gasteiger partial charge on any atom is -0.445 e. The maximum Gasteiger partial charge on any atom is 0.241 e. The largest absolute Gasteiger partial charge is 0.445 e. The highest BCUT2D eigenvalue weighted by Crippen LogP contribution is 2.23. The fraction of sp³-hybridized carbons (Fsp3) is 0.600. The second-order valence-corrected chi connectivity index (χ2v) is 6.29. The van der Waals surface area contributed by atoms with Gasteiger partial charge in [0.15, 0.2) is 0 Å². The Kier molecular flexibility index (Phi) is 2.94. The molecular formula is C10H16N2O3S. The van der Waals surface area contributed by atoms with Gasteiger partial charge in [0.1, 0.15) is 5.76 Å².